The fourth-order valence-electron chi connectivity index (χ4n) is 3.27. The number of ether oxygens (including phenoxy) is 1. The van der Waals surface area contributed by atoms with Crippen molar-refractivity contribution in [3.05, 3.63) is 102 Å². The summed E-state index contributed by atoms with van der Waals surface area (Å²) in [5, 5.41) is 13.2. The lowest BCUT2D eigenvalue weighted by molar-refractivity contribution is -0.136. The lowest BCUT2D eigenvalue weighted by Gasteiger charge is -2.07. The topological polar surface area (TPSA) is 107 Å². The van der Waals surface area contributed by atoms with Crippen molar-refractivity contribution in [2.45, 2.75) is 33.0 Å². The predicted octanol–water partition coefficient (Wildman–Crippen LogP) is 5.41. The van der Waals surface area contributed by atoms with E-state index in [4.69, 9.17) is 19.1 Å². The minimum Gasteiger partial charge on any atom is -0.481 e. The van der Waals surface area contributed by atoms with E-state index in [1.54, 1.807) is 12.3 Å². The van der Waals surface area contributed by atoms with Gasteiger partial charge in [0.15, 0.2) is 0 Å². The summed E-state index contributed by atoms with van der Waals surface area (Å²) in [6, 6.07) is 22.7. The van der Waals surface area contributed by atoms with Crippen molar-refractivity contribution in [1.29, 1.82) is 0 Å². The van der Waals surface area contributed by atoms with Crippen molar-refractivity contribution in [3.63, 3.8) is 0 Å². The summed E-state index contributed by atoms with van der Waals surface area (Å²) in [5.41, 5.74) is 3.83. The normalized spacial score (nSPS) is 11.3. The van der Waals surface area contributed by atoms with Crippen LogP contribution < -0.4 is 4.74 Å². The maximum absolute atomic E-state index is 11.0. The van der Waals surface area contributed by atoms with Gasteiger partial charge in [-0.15, -0.1) is 0 Å². The number of hydrogen-bond donors (Lipinski definition) is 1. The quantitative estimate of drug-likeness (QED) is 0.230. The van der Waals surface area contributed by atoms with Gasteiger partial charge in [-0.3, -0.25) is 4.79 Å². The summed E-state index contributed by atoms with van der Waals surface area (Å²) in [5.74, 6) is 0.822. The second-order valence-corrected chi connectivity index (χ2v) is 7.75. The molecule has 0 amide bonds. The molecule has 0 saturated heterocycles. The van der Waals surface area contributed by atoms with Crippen LogP contribution in [0.3, 0.4) is 0 Å². The Balaban J connectivity index is 1.32. The molecule has 0 saturated carbocycles. The van der Waals surface area contributed by atoms with Gasteiger partial charge in [-0.2, -0.15) is 0 Å². The predicted molar refractivity (Wildman–Crippen MR) is 130 cm³/mol. The molecule has 0 fully saturated rings. The number of hydrogen-bond acceptors (Lipinski definition) is 7. The van der Waals surface area contributed by atoms with Gasteiger partial charge in [0.2, 0.25) is 11.8 Å². The van der Waals surface area contributed by atoms with Crippen molar-refractivity contribution >= 4 is 11.7 Å². The van der Waals surface area contributed by atoms with Crippen LogP contribution in [0.5, 0.6) is 5.88 Å². The first-order valence-corrected chi connectivity index (χ1v) is 11.1. The van der Waals surface area contributed by atoms with E-state index >= 15 is 0 Å². The summed E-state index contributed by atoms with van der Waals surface area (Å²) in [6.45, 7) is 2.28. The standard InChI is InChI=1S/C27H25N3O5/c1-19-24(29-27(35-19)22-10-6-3-7-11-22)18-33-25-14-12-20(16-28-25)17-34-30-23(13-15-26(31)32)21-8-4-2-5-9-21/h2-12,14,16H,13,15,17-18H2,1H3,(H,31,32). The summed E-state index contributed by atoms with van der Waals surface area (Å²) in [4.78, 5) is 25.3. The first-order valence-electron chi connectivity index (χ1n) is 11.1. The van der Waals surface area contributed by atoms with Gasteiger partial charge in [0.25, 0.3) is 0 Å². The molecule has 0 aliphatic carbocycles. The Morgan fingerprint density at radius 2 is 1.71 bits per heavy atom. The second kappa shape index (κ2) is 11.6. The van der Waals surface area contributed by atoms with Gasteiger partial charge >= 0.3 is 5.97 Å². The summed E-state index contributed by atoms with van der Waals surface area (Å²) < 4.78 is 11.5. The Labute approximate surface area is 202 Å². The fourth-order valence-corrected chi connectivity index (χ4v) is 3.27. The van der Waals surface area contributed by atoms with E-state index < -0.39 is 5.97 Å². The average Bonchev–Trinajstić information content (AvgIpc) is 3.27. The van der Waals surface area contributed by atoms with Crippen LogP contribution in [0.4, 0.5) is 0 Å². The molecule has 2 aromatic carbocycles. The summed E-state index contributed by atoms with van der Waals surface area (Å²) in [6.07, 6.45) is 1.90. The summed E-state index contributed by atoms with van der Waals surface area (Å²) >= 11 is 0. The van der Waals surface area contributed by atoms with Gasteiger partial charge in [-0.25, -0.2) is 9.97 Å². The Hall–Kier alpha value is -4.46. The highest BCUT2D eigenvalue weighted by molar-refractivity contribution is 6.01. The minimum absolute atomic E-state index is 0.0253. The van der Waals surface area contributed by atoms with E-state index in [1.165, 1.54) is 0 Å². The molecule has 0 aliphatic rings. The monoisotopic (exact) mass is 471 g/mol. The van der Waals surface area contributed by atoms with Gasteiger partial charge in [0.1, 0.15) is 24.7 Å². The number of nitrogens with zero attached hydrogens (tertiary/aromatic N) is 3. The van der Waals surface area contributed by atoms with Crippen molar-refractivity contribution in [2.24, 2.45) is 5.16 Å². The maximum atomic E-state index is 11.0. The third kappa shape index (κ3) is 6.77. The number of oxazole rings is 1. The Morgan fingerprint density at radius 1 is 0.971 bits per heavy atom. The van der Waals surface area contributed by atoms with Crippen molar-refractivity contribution < 1.29 is 23.9 Å². The zero-order chi connectivity index (χ0) is 24.5. The maximum Gasteiger partial charge on any atom is 0.303 e. The van der Waals surface area contributed by atoms with Crippen molar-refractivity contribution in [1.82, 2.24) is 9.97 Å². The largest absolute Gasteiger partial charge is 0.481 e. The molecule has 0 bridgehead atoms. The first kappa shape index (κ1) is 23.7. The highest BCUT2D eigenvalue weighted by Crippen LogP contribution is 2.22. The van der Waals surface area contributed by atoms with Crippen LogP contribution in [0.2, 0.25) is 0 Å². The van der Waals surface area contributed by atoms with Crippen molar-refractivity contribution in [2.75, 3.05) is 0 Å². The van der Waals surface area contributed by atoms with Crippen LogP contribution in [-0.2, 0) is 22.8 Å². The lowest BCUT2D eigenvalue weighted by atomic mass is 10.1. The van der Waals surface area contributed by atoms with Gasteiger partial charge in [0.05, 0.1) is 12.1 Å². The van der Waals surface area contributed by atoms with E-state index in [0.717, 1.165) is 16.7 Å². The Bertz CT molecular complexity index is 1270. The third-order valence-corrected chi connectivity index (χ3v) is 5.16. The molecule has 35 heavy (non-hydrogen) atoms. The number of aryl methyl sites for hydroxylation is 1. The number of pyridine rings is 1. The highest BCUT2D eigenvalue weighted by Gasteiger charge is 2.12. The highest BCUT2D eigenvalue weighted by atomic mass is 16.6. The number of carbonyl (C=O) groups is 1. The number of benzene rings is 2. The molecular weight excluding hydrogens is 446 g/mol. The molecule has 0 spiro atoms. The van der Waals surface area contributed by atoms with Crippen LogP contribution >= 0.6 is 0 Å². The van der Waals surface area contributed by atoms with Gasteiger partial charge in [-0.05, 0) is 30.7 Å². The SMILES string of the molecule is Cc1oc(-c2ccccc2)nc1COc1ccc(CON=C(CCC(=O)O)c2ccccc2)cn1. The Kier molecular flexibility index (Phi) is 7.85. The molecule has 4 rings (SSSR count). The van der Waals surface area contributed by atoms with Crippen LogP contribution in [-0.4, -0.2) is 26.8 Å². The smallest absolute Gasteiger partial charge is 0.303 e. The van der Waals surface area contributed by atoms with E-state index in [2.05, 4.69) is 15.1 Å². The molecule has 0 aliphatic heterocycles. The molecule has 4 aromatic rings. The fraction of sp³-hybridized carbons (Fsp3) is 0.185. The average molecular weight is 472 g/mol. The van der Waals surface area contributed by atoms with Gasteiger partial charge in [0, 0.05) is 29.8 Å². The third-order valence-electron chi connectivity index (χ3n) is 5.16. The number of aromatic nitrogens is 2. The number of carboxylic acids is 1. The molecule has 2 aromatic heterocycles. The van der Waals surface area contributed by atoms with E-state index in [9.17, 15) is 4.79 Å². The second-order valence-electron chi connectivity index (χ2n) is 7.75. The molecular formula is C27H25N3O5. The molecule has 0 radical (unpaired) electrons. The van der Waals surface area contributed by atoms with Crippen LogP contribution in [0.25, 0.3) is 11.5 Å². The van der Waals surface area contributed by atoms with E-state index in [0.29, 0.717) is 28.9 Å². The molecule has 1 N–H and O–H groups in total. The molecule has 0 atom stereocenters. The number of aliphatic carboxylic acids is 1. The van der Waals surface area contributed by atoms with Crippen LogP contribution in [0, 0.1) is 6.92 Å². The number of carboxylic acid groups (broad SMARTS) is 1. The molecule has 8 nitrogen and oxygen atoms in total. The van der Waals surface area contributed by atoms with Crippen LogP contribution in [0.1, 0.15) is 35.4 Å². The van der Waals surface area contributed by atoms with Gasteiger partial charge in [-0.1, -0.05) is 53.7 Å². The molecule has 2 heterocycles. The van der Waals surface area contributed by atoms with Crippen molar-refractivity contribution in [3.8, 4) is 17.3 Å². The van der Waals surface area contributed by atoms with Crippen LogP contribution in [0.15, 0.2) is 88.6 Å². The van der Waals surface area contributed by atoms with Gasteiger partial charge < -0.3 is 19.1 Å². The molecule has 0 unspecified atom stereocenters. The number of oxime groups is 1. The summed E-state index contributed by atoms with van der Waals surface area (Å²) in [7, 11) is 0. The van der Waals surface area contributed by atoms with E-state index in [-0.39, 0.29) is 26.1 Å². The molecule has 178 valence electrons. The Morgan fingerprint density at radius 3 is 2.40 bits per heavy atom. The van der Waals surface area contributed by atoms with E-state index in [1.807, 2.05) is 73.7 Å². The zero-order valence-corrected chi connectivity index (χ0v) is 19.3. The lowest BCUT2D eigenvalue weighted by Crippen LogP contribution is -2.06. The minimum atomic E-state index is -0.884. The first-order chi connectivity index (χ1) is 17.1. The molecule has 8 heteroatoms. The zero-order valence-electron chi connectivity index (χ0n) is 19.3. The number of rotatable bonds is 11.